The Labute approximate surface area is 592 Å². The number of carbonyl (C=O) groups is 4. The van der Waals surface area contributed by atoms with Crippen molar-refractivity contribution in [2.24, 2.45) is 17.8 Å². The number of allylic oxidation sites excluding steroid dienone is 4. The summed E-state index contributed by atoms with van der Waals surface area (Å²) in [7, 11) is -9.93. The second-order valence-corrected chi connectivity index (χ2v) is 31.5. The highest BCUT2D eigenvalue weighted by molar-refractivity contribution is 7.47. The van der Waals surface area contributed by atoms with Crippen molar-refractivity contribution in [3.63, 3.8) is 0 Å². The quantitative estimate of drug-likeness (QED) is 0.0169. The van der Waals surface area contributed by atoms with Crippen molar-refractivity contribution >= 4 is 39.5 Å². The lowest BCUT2D eigenvalue weighted by molar-refractivity contribution is -0.161. The molecule has 0 radical (unpaired) electrons. The molecule has 6 atom stereocenters. The van der Waals surface area contributed by atoms with E-state index in [4.69, 9.17) is 37.0 Å². The Balaban J connectivity index is 5.21. The number of phosphoric acid groups is 2. The van der Waals surface area contributed by atoms with Gasteiger partial charge in [-0.05, 0) is 69.1 Å². The fourth-order valence-electron chi connectivity index (χ4n) is 11.4. The number of aliphatic hydroxyl groups excluding tert-OH is 1. The van der Waals surface area contributed by atoms with Gasteiger partial charge in [0.15, 0.2) is 12.2 Å². The summed E-state index contributed by atoms with van der Waals surface area (Å²) in [6.45, 7) is 11.8. The van der Waals surface area contributed by atoms with Crippen LogP contribution in [-0.4, -0.2) is 96.7 Å². The molecule has 0 rings (SSSR count). The van der Waals surface area contributed by atoms with E-state index < -0.39 is 97.5 Å². The summed E-state index contributed by atoms with van der Waals surface area (Å²) < 4.78 is 68.5. The summed E-state index contributed by atoms with van der Waals surface area (Å²) in [6.07, 6.45) is 57.9. The molecule has 0 amide bonds. The first-order chi connectivity index (χ1) is 46.8. The van der Waals surface area contributed by atoms with Crippen molar-refractivity contribution < 1.29 is 80.2 Å². The summed E-state index contributed by atoms with van der Waals surface area (Å²) in [5.41, 5.74) is 0. The van der Waals surface area contributed by atoms with Crippen LogP contribution in [0, 0.1) is 17.8 Å². The lowest BCUT2D eigenvalue weighted by Crippen LogP contribution is -2.30. The highest BCUT2D eigenvalue weighted by Gasteiger charge is 2.30. The minimum absolute atomic E-state index is 0.0842. The van der Waals surface area contributed by atoms with Crippen molar-refractivity contribution in [2.75, 3.05) is 39.6 Å². The fraction of sp³-hybridized carbons (Fsp3) is 0.897. The van der Waals surface area contributed by atoms with Gasteiger partial charge in [-0.25, -0.2) is 9.13 Å². The van der Waals surface area contributed by atoms with Gasteiger partial charge in [0, 0.05) is 25.7 Å². The molecule has 4 unspecified atom stereocenters. The Morgan fingerprint density at radius 1 is 0.340 bits per heavy atom. The minimum atomic E-state index is -4.97. The van der Waals surface area contributed by atoms with E-state index in [1.165, 1.54) is 167 Å². The van der Waals surface area contributed by atoms with Gasteiger partial charge in [-0.2, -0.15) is 0 Å². The molecule has 572 valence electrons. The van der Waals surface area contributed by atoms with E-state index in [1.807, 2.05) is 0 Å². The van der Waals surface area contributed by atoms with Crippen molar-refractivity contribution in [1.29, 1.82) is 0 Å². The van der Waals surface area contributed by atoms with Crippen molar-refractivity contribution in [3.8, 4) is 0 Å². The summed E-state index contributed by atoms with van der Waals surface area (Å²) >= 11 is 0. The molecule has 0 aromatic heterocycles. The first-order valence-electron chi connectivity index (χ1n) is 39.7. The molecule has 0 saturated heterocycles. The Bertz CT molecular complexity index is 1980. The Morgan fingerprint density at radius 2 is 0.608 bits per heavy atom. The zero-order valence-corrected chi connectivity index (χ0v) is 64.8. The van der Waals surface area contributed by atoms with Gasteiger partial charge in [0.1, 0.15) is 19.3 Å². The minimum Gasteiger partial charge on any atom is -0.462 e. The van der Waals surface area contributed by atoms with Gasteiger partial charge in [-0.1, -0.05) is 323 Å². The van der Waals surface area contributed by atoms with E-state index >= 15 is 0 Å². The van der Waals surface area contributed by atoms with Gasteiger partial charge in [0.25, 0.3) is 0 Å². The second kappa shape index (κ2) is 68.0. The maximum Gasteiger partial charge on any atom is 0.472 e. The SMILES string of the molecule is CCCCCC/C=C\C=C/CCCCCCCC(=O)O[C@H](COC(=O)CCCCCCCCCCC(C)CC)COP(=O)(O)OCC(O)COP(=O)(O)OC[C@@H](COC(=O)CCCCCCCCC(C)C)OC(=O)CCCCCCCCCCCCCCCCCCCCC(C)C. The third-order valence-corrected chi connectivity index (χ3v) is 19.8. The maximum absolute atomic E-state index is 13.1. The zero-order valence-electron chi connectivity index (χ0n) is 63.0. The topological polar surface area (TPSA) is 237 Å². The van der Waals surface area contributed by atoms with Crippen LogP contribution in [0.3, 0.4) is 0 Å². The molecule has 0 bridgehead atoms. The van der Waals surface area contributed by atoms with Crippen LogP contribution in [0.4, 0.5) is 0 Å². The van der Waals surface area contributed by atoms with Gasteiger partial charge >= 0.3 is 39.5 Å². The molecule has 0 aliphatic rings. The van der Waals surface area contributed by atoms with E-state index in [9.17, 15) is 43.2 Å². The average Bonchev–Trinajstić information content (AvgIpc) is 1.39. The molecular weight excluding hydrogens is 1270 g/mol. The van der Waals surface area contributed by atoms with Crippen molar-refractivity contribution in [2.45, 2.75) is 394 Å². The largest absolute Gasteiger partial charge is 0.472 e. The summed E-state index contributed by atoms with van der Waals surface area (Å²) in [6, 6.07) is 0. The number of esters is 4. The van der Waals surface area contributed by atoms with E-state index in [-0.39, 0.29) is 25.7 Å². The van der Waals surface area contributed by atoms with Crippen LogP contribution in [0.15, 0.2) is 24.3 Å². The van der Waals surface area contributed by atoms with Gasteiger partial charge in [-0.15, -0.1) is 0 Å². The van der Waals surface area contributed by atoms with Gasteiger partial charge < -0.3 is 33.8 Å². The first kappa shape index (κ1) is 94.5. The first-order valence-corrected chi connectivity index (χ1v) is 42.7. The van der Waals surface area contributed by atoms with Crippen LogP contribution in [0.5, 0.6) is 0 Å². The van der Waals surface area contributed by atoms with Crippen LogP contribution >= 0.6 is 15.6 Å². The molecule has 0 aliphatic carbocycles. The third kappa shape index (κ3) is 70.4. The molecule has 17 nitrogen and oxygen atoms in total. The molecule has 0 aliphatic heterocycles. The Morgan fingerprint density at radius 3 is 0.918 bits per heavy atom. The summed E-state index contributed by atoms with van der Waals surface area (Å²) in [5, 5.41) is 10.6. The van der Waals surface area contributed by atoms with E-state index in [2.05, 4.69) is 72.8 Å². The zero-order chi connectivity index (χ0) is 71.6. The standard InChI is InChI=1S/C78H148O17P2/c1-8-10-11-12-13-14-15-16-21-25-28-31-38-47-54-61-77(82)94-73(65-88-75(80)59-52-45-37-34-33-36-44-51-58-71(7)9-2)67-92-96(84,85)90-63-72(79)64-91-97(86,87)93-68-74(66-89-76(81)60-53-46-41-40-43-50-57-70(5)6)95-78(83)62-55-48-39-32-29-26-23-20-18-17-19-22-24-27-30-35-42-49-56-69(3)4/h14-16,21,69-74,79H,8-13,17-20,22-68H2,1-7H3,(H,84,85)(H,86,87)/b15-14-,21-16-/t71?,72?,73-,74-/m1/s1. The molecule has 0 saturated carbocycles. The van der Waals surface area contributed by atoms with Crippen LogP contribution < -0.4 is 0 Å². The fourth-order valence-corrected chi connectivity index (χ4v) is 13.0. The van der Waals surface area contributed by atoms with Gasteiger partial charge in [-0.3, -0.25) is 37.3 Å². The number of aliphatic hydroxyl groups is 1. The normalized spacial score (nSPS) is 14.5. The van der Waals surface area contributed by atoms with Crippen molar-refractivity contribution in [3.05, 3.63) is 24.3 Å². The molecule has 0 fully saturated rings. The Hall–Kier alpha value is -2.46. The molecule has 97 heavy (non-hydrogen) atoms. The van der Waals surface area contributed by atoms with E-state index in [0.717, 1.165) is 121 Å². The molecule has 0 aromatic rings. The van der Waals surface area contributed by atoms with E-state index in [0.29, 0.717) is 31.6 Å². The molecule has 3 N–H and O–H groups in total. The third-order valence-electron chi connectivity index (χ3n) is 17.9. The molecule has 0 heterocycles. The van der Waals surface area contributed by atoms with Gasteiger partial charge in [0.2, 0.25) is 0 Å². The van der Waals surface area contributed by atoms with Crippen LogP contribution in [0.25, 0.3) is 0 Å². The van der Waals surface area contributed by atoms with Crippen molar-refractivity contribution in [1.82, 2.24) is 0 Å². The maximum atomic E-state index is 13.1. The molecule has 0 aromatic carbocycles. The van der Waals surface area contributed by atoms with Gasteiger partial charge in [0.05, 0.1) is 26.4 Å². The molecule has 0 spiro atoms. The van der Waals surface area contributed by atoms with Crippen LogP contribution in [0.2, 0.25) is 0 Å². The number of unbranched alkanes of at least 4 members (excludes halogenated alkanes) is 38. The van der Waals surface area contributed by atoms with Crippen LogP contribution in [0.1, 0.15) is 376 Å². The highest BCUT2D eigenvalue weighted by atomic mass is 31.2. The number of rotatable bonds is 74. The number of carbonyl (C=O) groups excluding carboxylic acids is 4. The highest BCUT2D eigenvalue weighted by Crippen LogP contribution is 2.45. The monoisotopic (exact) mass is 1420 g/mol. The number of phosphoric ester groups is 2. The predicted octanol–water partition coefficient (Wildman–Crippen LogP) is 22.5. The van der Waals surface area contributed by atoms with E-state index in [1.54, 1.807) is 0 Å². The Kier molecular flexibility index (Phi) is 66.3. The lowest BCUT2D eigenvalue weighted by atomic mass is 9.99. The summed E-state index contributed by atoms with van der Waals surface area (Å²) in [5.74, 6) is 0.122. The van der Waals surface area contributed by atoms with Crippen LogP contribution in [-0.2, 0) is 65.4 Å². The molecular formula is C78H148O17P2. The smallest absolute Gasteiger partial charge is 0.462 e. The second-order valence-electron chi connectivity index (χ2n) is 28.6. The number of hydrogen-bond donors (Lipinski definition) is 3. The summed E-state index contributed by atoms with van der Waals surface area (Å²) in [4.78, 5) is 72.8. The average molecular weight is 1420 g/mol. The number of hydrogen-bond acceptors (Lipinski definition) is 15. The molecule has 19 heteroatoms. The predicted molar refractivity (Wildman–Crippen MR) is 395 cm³/mol. The number of ether oxygens (including phenoxy) is 4. The lowest BCUT2D eigenvalue weighted by Gasteiger charge is -2.21.